The van der Waals surface area contributed by atoms with Crippen LogP contribution in [0.2, 0.25) is 0 Å². The molecule has 8 heteroatoms. The average molecular weight is 497 g/mol. The lowest BCUT2D eigenvalue weighted by molar-refractivity contribution is -0.122. The van der Waals surface area contributed by atoms with Crippen LogP contribution in [0, 0.1) is 11.8 Å². The molecule has 1 aliphatic heterocycles. The van der Waals surface area contributed by atoms with Gasteiger partial charge in [-0.05, 0) is 71.6 Å². The summed E-state index contributed by atoms with van der Waals surface area (Å²) in [6.07, 6.45) is 6.86. The number of hydrogen-bond donors (Lipinski definition) is 1. The maximum absolute atomic E-state index is 13.0. The normalized spacial score (nSPS) is 23.9. The summed E-state index contributed by atoms with van der Waals surface area (Å²) in [6, 6.07) is 3.57. The monoisotopic (exact) mass is 496 g/mol. The van der Waals surface area contributed by atoms with Crippen molar-refractivity contribution < 1.29 is 18.0 Å². The molecular formula is C22H29BrN2O4S. The highest BCUT2D eigenvalue weighted by Crippen LogP contribution is 2.39. The molecule has 1 aromatic carbocycles. The summed E-state index contributed by atoms with van der Waals surface area (Å²) < 4.78 is 26.5. The molecule has 0 aromatic heterocycles. The smallest absolute Gasteiger partial charge is 0.230 e. The molecule has 0 saturated heterocycles. The van der Waals surface area contributed by atoms with Crippen molar-refractivity contribution in [3.63, 3.8) is 0 Å². The minimum atomic E-state index is -3.66. The molecule has 4 rings (SSSR count). The fourth-order valence-electron chi connectivity index (χ4n) is 4.55. The van der Waals surface area contributed by atoms with Gasteiger partial charge in [-0.25, -0.2) is 8.42 Å². The summed E-state index contributed by atoms with van der Waals surface area (Å²) in [6.45, 7) is 2.74. The molecule has 2 saturated carbocycles. The van der Waals surface area contributed by atoms with Gasteiger partial charge in [0, 0.05) is 35.1 Å². The summed E-state index contributed by atoms with van der Waals surface area (Å²) in [5.74, 6) is 0.166. The Bertz CT molecular complexity index is 958. The second-order valence-corrected chi connectivity index (χ2v) is 11.9. The van der Waals surface area contributed by atoms with Crippen LogP contribution in [0.1, 0.15) is 57.4 Å². The molecule has 0 spiro atoms. The molecule has 2 aliphatic carbocycles. The van der Waals surface area contributed by atoms with Gasteiger partial charge in [0.25, 0.3) is 0 Å². The summed E-state index contributed by atoms with van der Waals surface area (Å²) in [5.41, 5.74) is 1.69. The van der Waals surface area contributed by atoms with E-state index < -0.39 is 9.84 Å². The first-order chi connectivity index (χ1) is 14.3. The van der Waals surface area contributed by atoms with Gasteiger partial charge in [0.2, 0.25) is 11.8 Å². The number of halogens is 1. The third-order valence-electron chi connectivity index (χ3n) is 6.61. The molecule has 0 bridgehead atoms. The molecule has 164 valence electrons. The van der Waals surface area contributed by atoms with Crippen molar-refractivity contribution in [1.29, 1.82) is 0 Å². The Morgan fingerprint density at radius 1 is 1.17 bits per heavy atom. The molecule has 1 aromatic rings. The third-order valence-corrected chi connectivity index (χ3v) is 9.28. The average Bonchev–Trinajstić information content (AvgIpc) is 3.47. The molecule has 30 heavy (non-hydrogen) atoms. The van der Waals surface area contributed by atoms with E-state index >= 15 is 0 Å². The Balaban J connectivity index is 1.45. The van der Waals surface area contributed by atoms with Crippen molar-refractivity contribution in [2.75, 3.05) is 17.2 Å². The van der Waals surface area contributed by atoms with Crippen molar-refractivity contribution in [3.05, 3.63) is 22.2 Å². The summed E-state index contributed by atoms with van der Waals surface area (Å²) >= 11 is 3.40. The first-order valence-electron chi connectivity index (χ1n) is 10.9. The van der Waals surface area contributed by atoms with Gasteiger partial charge < -0.3 is 10.2 Å². The largest absolute Gasteiger partial charge is 0.353 e. The van der Waals surface area contributed by atoms with E-state index in [9.17, 15) is 18.0 Å². The highest BCUT2D eigenvalue weighted by atomic mass is 79.9. The predicted octanol–water partition coefficient (Wildman–Crippen LogP) is 3.61. The Labute approximate surface area is 186 Å². The molecule has 1 heterocycles. The molecule has 3 aliphatic rings. The standard InChI is InChI=1S/C22H29BrN2O4S/c1-14-4-2-3-5-18(14)24-21(26)9-11-30(28,29)20-13-19-16(12-17(20)23)8-10-25(19)22(27)15-6-7-15/h12-15,18H,2-11H2,1H3,(H,24,26)/t14-,18-/m0/s1. The van der Waals surface area contributed by atoms with Gasteiger partial charge in [-0.3, -0.25) is 9.59 Å². The Hall–Kier alpha value is -1.41. The summed E-state index contributed by atoms with van der Waals surface area (Å²) in [7, 11) is -3.66. The van der Waals surface area contributed by atoms with E-state index in [0.717, 1.165) is 44.1 Å². The van der Waals surface area contributed by atoms with E-state index in [1.54, 1.807) is 11.0 Å². The number of carbonyl (C=O) groups excluding carboxylic acids is 2. The Kier molecular flexibility index (Phi) is 6.26. The number of amides is 2. The van der Waals surface area contributed by atoms with Gasteiger partial charge in [-0.1, -0.05) is 19.8 Å². The second-order valence-electron chi connectivity index (χ2n) is 8.93. The van der Waals surface area contributed by atoms with Crippen LogP contribution in [0.3, 0.4) is 0 Å². The van der Waals surface area contributed by atoms with Crippen molar-refractivity contribution in [2.45, 2.75) is 69.2 Å². The first kappa shape index (κ1) is 21.8. The zero-order valence-electron chi connectivity index (χ0n) is 17.3. The molecule has 2 amide bonds. The van der Waals surface area contributed by atoms with Crippen LogP contribution in [0.4, 0.5) is 5.69 Å². The molecule has 6 nitrogen and oxygen atoms in total. The van der Waals surface area contributed by atoms with Crippen molar-refractivity contribution >= 4 is 43.3 Å². The van der Waals surface area contributed by atoms with Crippen LogP contribution in [-0.4, -0.2) is 38.6 Å². The predicted molar refractivity (Wildman–Crippen MR) is 119 cm³/mol. The number of carbonyl (C=O) groups is 2. The molecule has 0 radical (unpaired) electrons. The van der Waals surface area contributed by atoms with E-state index in [2.05, 4.69) is 28.2 Å². The van der Waals surface area contributed by atoms with E-state index in [1.807, 2.05) is 6.07 Å². The minimum Gasteiger partial charge on any atom is -0.353 e. The second kappa shape index (κ2) is 8.61. The van der Waals surface area contributed by atoms with E-state index in [-0.39, 0.29) is 40.8 Å². The number of sulfone groups is 1. The highest BCUT2D eigenvalue weighted by Gasteiger charge is 2.37. The van der Waals surface area contributed by atoms with Crippen LogP contribution in [0.15, 0.2) is 21.5 Å². The number of hydrogen-bond acceptors (Lipinski definition) is 4. The number of nitrogens with one attached hydrogen (secondary N) is 1. The lowest BCUT2D eigenvalue weighted by Gasteiger charge is -2.29. The van der Waals surface area contributed by atoms with E-state index in [1.165, 1.54) is 6.42 Å². The molecular weight excluding hydrogens is 468 g/mol. The highest BCUT2D eigenvalue weighted by molar-refractivity contribution is 9.10. The zero-order valence-corrected chi connectivity index (χ0v) is 19.7. The number of fused-ring (bicyclic) bond motifs is 1. The topological polar surface area (TPSA) is 83.6 Å². The van der Waals surface area contributed by atoms with Gasteiger partial charge >= 0.3 is 0 Å². The lowest BCUT2D eigenvalue weighted by Crippen LogP contribution is -2.41. The summed E-state index contributed by atoms with van der Waals surface area (Å²) in [5, 5.41) is 3.02. The maximum atomic E-state index is 13.0. The fourth-order valence-corrected chi connectivity index (χ4v) is 7.00. The zero-order chi connectivity index (χ0) is 21.5. The van der Waals surface area contributed by atoms with E-state index in [4.69, 9.17) is 0 Å². The van der Waals surface area contributed by atoms with Gasteiger partial charge in [-0.15, -0.1) is 0 Å². The van der Waals surface area contributed by atoms with Crippen LogP contribution in [0.5, 0.6) is 0 Å². The number of nitrogens with zero attached hydrogens (tertiary/aromatic N) is 1. The van der Waals surface area contributed by atoms with Gasteiger partial charge in [0.1, 0.15) is 0 Å². The van der Waals surface area contributed by atoms with Gasteiger partial charge in [-0.2, -0.15) is 0 Å². The molecule has 1 N–H and O–H groups in total. The van der Waals surface area contributed by atoms with Gasteiger partial charge in [0.15, 0.2) is 9.84 Å². The van der Waals surface area contributed by atoms with Gasteiger partial charge in [0.05, 0.1) is 10.6 Å². The SMILES string of the molecule is C[C@H]1CCCC[C@@H]1NC(=O)CCS(=O)(=O)c1cc2c(cc1Br)CCN2C(=O)C1CC1. The minimum absolute atomic E-state index is 0.0558. The Morgan fingerprint density at radius 2 is 1.90 bits per heavy atom. The summed E-state index contributed by atoms with van der Waals surface area (Å²) in [4.78, 5) is 26.8. The number of rotatable bonds is 6. The first-order valence-corrected chi connectivity index (χ1v) is 13.4. The number of anilines is 1. The quantitative estimate of drug-likeness (QED) is 0.651. The molecule has 2 atom stereocenters. The molecule has 2 fully saturated rings. The van der Waals surface area contributed by atoms with Crippen molar-refractivity contribution in [3.8, 4) is 0 Å². The van der Waals surface area contributed by atoms with Crippen LogP contribution in [0.25, 0.3) is 0 Å². The Morgan fingerprint density at radius 3 is 2.60 bits per heavy atom. The van der Waals surface area contributed by atoms with E-state index in [0.29, 0.717) is 22.6 Å². The third kappa shape index (κ3) is 4.59. The van der Waals surface area contributed by atoms with Crippen LogP contribution in [-0.2, 0) is 25.8 Å². The molecule has 0 unspecified atom stereocenters. The van der Waals surface area contributed by atoms with Crippen LogP contribution >= 0.6 is 15.9 Å². The fraction of sp³-hybridized carbons (Fsp3) is 0.636. The van der Waals surface area contributed by atoms with Crippen molar-refractivity contribution in [2.24, 2.45) is 11.8 Å². The lowest BCUT2D eigenvalue weighted by atomic mass is 9.86. The van der Waals surface area contributed by atoms with Crippen LogP contribution < -0.4 is 10.2 Å². The number of benzene rings is 1. The van der Waals surface area contributed by atoms with Crippen molar-refractivity contribution in [1.82, 2.24) is 5.32 Å². The maximum Gasteiger partial charge on any atom is 0.230 e.